The highest BCUT2D eigenvalue weighted by Gasteiger charge is 2.43. The summed E-state index contributed by atoms with van der Waals surface area (Å²) in [5.74, 6) is -0.935. The van der Waals surface area contributed by atoms with Crippen molar-refractivity contribution in [3.8, 4) is 0 Å². The second kappa shape index (κ2) is 4.81. The lowest BCUT2D eigenvalue weighted by Gasteiger charge is -2.35. The SMILES string of the molecule is CCOC(=O)N1C2CCC1c1cc(C(=O)O)ccc1C2. The predicted octanol–water partition coefficient (Wildman–Crippen LogP) is 2.60. The van der Waals surface area contributed by atoms with E-state index in [2.05, 4.69) is 0 Å². The van der Waals surface area contributed by atoms with E-state index in [1.54, 1.807) is 24.0 Å². The fourth-order valence-electron chi connectivity index (χ4n) is 3.34. The van der Waals surface area contributed by atoms with Gasteiger partial charge in [-0.25, -0.2) is 9.59 Å². The van der Waals surface area contributed by atoms with Crippen LogP contribution in [0.4, 0.5) is 4.79 Å². The smallest absolute Gasteiger partial charge is 0.410 e. The predicted molar refractivity (Wildman–Crippen MR) is 71.7 cm³/mol. The lowest BCUT2D eigenvalue weighted by Crippen LogP contribution is -2.42. The Labute approximate surface area is 117 Å². The van der Waals surface area contributed by atoms with E-state index >= 15 is 0 Å². The Balaban J connectivity index is 1.98. The van der Waals surface area contributed by atoms with Crippen LogP contribution in [0.15, 0.2) is 18.2 Å². The van der Waals surface area contributed by atoms with E-state index in [0.29, 0.717) is 6.61 Å². The largest absolute Gasteiger partial charge is 0.478 e. The molecule has 0 saturated carbocycles. The summed E-state index contributed by atoms with van der Waals surface area (Å²) in [7, 11) is 0. The van der Waals surface area contributed by atoms with Crippen LogP contribution >= 0.6 is 0 Å². The summed E-state index contributed by atoms with van der Waals surface area (Å²) in [6.07, 6.45) is 2.32. The van der Waals surface area contributed by atoms with Crippen molar-refractivity contribution in [2.45, 2.75) is 38.3 Å². The highest BCUT2D eigenvalue weighted by Crippen LogP contribution is 2.44. The number of benzene rings is 1. The fourth-order valence-corrected chi connectivity index (χ4v) is 3.34. The number of amides is 1. The van der Waals surface area contributed by atoms with Crippen LogP contribution in [0.5, 0.6) is 0 Å². The molecule has 1 aromatic carbocycles. The first kappa shape index (κ1) is 13.0. The van der Waals surface area contributed by atoms with Crippen LogP contribution in [0.25, 0.3) is 0 Å². The number of carboxylic acids is 1. The van der Waals surface area contributed by atoms with Crippen molar-refractivity contribution in [1.82, 2.24) is 4.90 Å². The van der Waals surface area contributed by atoms with Gasteiger partial charge in [0, 0.05) is 6.04 Å². The Morgan fingerprint density at radius 3 is 2.90 bits per heavy atom. The Morgan fingerprint density at radius 1 is 1.40 bits per heavy atom. The maximum Gasteiger partial charge on any atom is 0.410 e. The summed E-state index contributed by atoms with van der Waals surface area (Å²) in [4.78, 5) is 25.0. The Hall–Kier alpha value is -2.04. The molecule has 20 heavy (non-hydrogen) atoms. The molecule has 106 valence electrons. The van der Waals surface area contributed by atoms with E-state index < -0.39 is 5.97 Å². The molecular formula is C15H17NO4. The number of hydrogen-bond acceptors (Lipinski definition) is 3. The Bertz CT molecular complexity index is 569. The molecule has 2 heterocycles. The van der Waals surface area contributed by atoms with Gasteiger partial charge in [-0.2, -0.15) is 0 Å². The van der Waals surface area contributed by atoms with Crippen LogP contribution < -0.4 is 0 Å². The van der Waals surface area contributed by atoms with E-state index in [4.69, 9.17) is 9.84 Å². The third-order valence-electron chi connectivity index (χ3n) is 4.19. The van der Waals surface area contributed by atoms with Crippen molar-refractivity contribution >= 4 is 12.1 Å². The number of hydrogen-bond donors (Lipinski definition) is 1. The van der Waals surface area contributed by atoms with Gasteiger partial charge in [-0.05, 0) is 49.4 Å². The number of ether oxygens (including phenoxy) is 1. The lowest BCUT2D eigenvalue weighted by atomic mass is 9.92. The Morgan fingerprint density at radius 2 is 2.20 bits per heavy atom. The van der Waals surface area contributed by atoms with Gasteiger partial charge in [-0.1, -0.05) is 6.07 Å². The van der Waals surface area contributed by atoms with Crippen LogP contribution in [0.1, 0.15) is 47.3 Å². The topological polar surface area (TPSA) is 66.8 Å². The minimum absolute atomic E-state index is 0.0397. The summed E-state index contributed by atoms with van der Waals surface area (Å²) in [6, 6.07) is 5.37. The zero-order valence-electron chi connectivity index (χ0n) is 11.3. The van der Waals surface area contributed by atoms with Crippen molar-refractivity contribution in [3.63, 3.8) is 0 Å². The Kier molecular flexibility index (Phi) is 3.12. The van der Waals surface area contributed by atoms with E-state index in [1.165, 1.54) is 0 Å². The van der Waals surface area contributed by atoms with Crippen LogP contribution in [0.2, 0.25) is 0 Å². The molecule has 2 unspecified atom stereocenters. The molecule has 0 spiro atoms. The molecule has 5 heteroatoms. The molecule has 2 atom stereocenters. The third-order valence-corrected chi connectivity index (χ3v) is 4.19. The van der Waals surface area contributed by atoms with Gasteiger partial charge in [-0.3, -0.25) is 4.90 Å². The molecule has 2 aliphatic rings. The molecule has 2 aliphatic heterocycles. The minimum Gasteiger partial charge on any atom is -0.478 e. The number of carbonyl (C=O) groups is 2. The van der Waals surface area contributed by atoms with Gasteiger partial charge in [0.05, 0.1) is 18.2 Å². The zero-order valence-corrected chi connectivity index (χ0v) is 11.3. The van der Waals surface area contributed by atoms with Gasteiger partial charge in [0.2, 0.25) is 0 Å². The standard InChI is InChI=1S/C15H17NO4/c1-2-20-15(19)16-11-5-6-13(16)12-8-10(14(17)18)4-3-9(12)7-11/h3-4,8,11,13H,2,5-7H2,1H3,(H,17,18). The van der Waals surface area contributed by atoms with E-state index in [9.17, 15) is 9.59 Å². The van der Waals surface area contributed by atoms with Gasteiger partial charge >= 0.3 is 12.1 Å². The average Bonchev–Trinajstić information content (AvgIpc) is 2.74. The number of aromatic carboxylic acids is 1. The molecule has 0 aromatic heterocycles. The number of rotatable bonds is 2. The quantitative estimate of drug-likeness (QED) is 0.901. The second-order valence-corrected chi connectivity index (χ2v) is 5.28. The molecule has 5 nitrogen and oxygen atoms in total. The first-order valence-corrected chi connectivity index (χ1v) is 6.93. The molecule has 0 aliphatic carbocycles. The van der Waals surface area contributed by atoms with E-state index in [1.807, 2.05) is 6.07 Å². The molecule has 1 aromatic rings. The molecule has 1 N–H and O–H groups in total. The third kappa shape index (κ3) is 1.94. The summed E-state index contributed by atoms with van der Waals surface area (Å²) in [5, 5.41) is 9.11. The monoisotopic (exact) mass is 275 g/mol. The zero-order chi connectivity index (χ0) is 14.3. The number of carbonyl (C=O) groups excluding carboxylic acids is 1. The highest BCUT2D eigenvalue weighted by molar-refractivity contribution is 5.88. The van der Waals surface area contributed by atoms with Crippen LogP contribution in [-0.2, 0) is 11.2 Å². The minimum atomic E-state index is -0.935. The number of fused-ring (bicyclic) bond motifs is 4. The molecule has 3 rings (SSSR count). The molecule has 2 bridgehead atoms. The molecule has 1 amide bonds. The van der Waals surface area contributed by atoms with Gasteiger partial charge in [0.15, 0.2) is 0 Å². The van der Waals surface area contributed by atoms with Gasteiger partial charge in [0.1, 0.15) is 0 Å². The van der Waals surface area contributed by atoms with Crippen LogP contribution in [0.3, 0.4) is 0 Å². The van der Waals surface area contributed by atoms with Crippen molar-refractivity contribution in [2.75, 3.05) is 6.61 Å². The lowest BCUT2D eigenvalue weighted by molar-refractivity contribution is 0.0696. The van der Waals surface area contributed by atoms with Crippen LogP contribution in [-0.4, -0.2) is 34.7 Å². The molecule has 0 radical (unpaired) electrons. The highest BCUT2D eigenvalue weighted by atomic mass is 16.6. The van der Waals surface area contributed by atoms with Crippen molar-refractivity contribution < 1.29 is 19.4 Å². The van der Waals surface area contributed by atoms with Gasteiger partial charge in [-0.15, -0.1) is 0 Å². The van der Waals surface area contributed by atoms with Crippen molar-refractivity contribution in [1.29, 1.82) is 0 Å². The summed E-state index contributed by atoms with van der Waals surface area (Å²) in [5.41, 5.74) is 2.40. The average molecular weight is 275 g/mol. The summed E-state index contributed by atoms with van der Waals surface area (Å²) >= 11 is 0. The molecule has 1 fully saturated rings. The number of carboxylic acid groups (broad SMARTS) is 1. The second-order valence-electron chi connectivity index (χ2n) is 5.28. The van der Waals surface area contributed by atoms with Gasteiger partial charge < -0.3 is 9.84 Å². The van der Waals surface area contributed by atoms with Crippen molar-refractivity contribution in [3.05, 3.63) is 34.9 Å². The van der Waals surface area contributed by atoms with Gasteiger partial charge in [0.25, 0.3) is 0 Å². The summed E-state index contributed by atoms with van der Waals surface area (Å²) < 4.78 is 5.13. The number of nitrogens with zero attached hydrogens (tertiary/aromatic N) is 1. The van der Waals surface area contributed by atoms with E-state index in [-0.39, 0.29) is 23.7 Å². The first-order valence-electron chi connectivity index (χ1n) is 6.93. The van der Waals surface area contributed by atoms with Crippen LogP contribution in [0, 0.1) is 0 Å². The normalized spacial score (nSPS) is 23.4. The maximum absolute atomic E-state index is 12.1. The summed E-state index contributed by atoms with van der Waals surface area (Å²) in [6.45, 7) is 2.15. The molecule has 1 saturated heterocycles. The fraction of sp³-hybridized carbons (Fsp3) is 0.467. The maximum atomic E-state index is 12.1. The molecular weight excluding hydrogens is 258 g/mol. The van der Waals surface area contributed by atoms with E-state index in [0.717, 1.165) is 30.4 Å². The van der Waals surface area contributed by atoms with Crippen molar-refractivity contribution in [2.24, 2.45) is 0 Å². The first-order chi connectivity index (χ1) is 9.61.